The predicted molar refractivity (Wildman–Crippen MR) is 107 cm³/mol. The molecule has 2 N–H and O–H groups in total. The van der Waals surface area contributed by atoms with E-state index >= 15 is 0 Å². The number of rotatable bonds is 3. The van der Waals surface area contributed by atoms with E-state index in [1.807, 2.05) is 12.1 Å². The number of thioether (sulfide) groups is 1. The van der Waals surface area contributed by atoms with Crippen LogP contribution in [0, 0.1) is 11.7 Å². The molecular formula is C21H22FN3OS. The molecule has 0 saturated carbocycles. The first-order valence-corrected chi connectivity index (χ1v) is 10.0. The van der Waals surface area contributed by atoms with E-state index in [1.165, 1.54) is 30.3 Å². The van der Waals surface area contributed by atoms with Crippen LogP contribution in [0.25, 0.3) is 0 Å². The van der Waals surface area contributed by atoms with Gasteiger partial charge in [-0.3, -0.25) is 4.79 Å². The van der Waals surface area contributed by atoms with Crippen LogP contribution in [0.2, 0.25) is 0 Å². The van der Waals surface area contributed by atoms with Crippen LogP contribution in [0.5, 0.6) is 0 Å². The molecule has 1 amide bonds. The molecule has 6 heteroatoms. The Morgan fingerprint density at radius 3 is 2.78 bits per heavy atom. The Morgan fingerprint density at radius 2 is 2.04 bits per heavy atom. The summed E-state index contributed by atoms with van der Waals surface area (Å²) in [5, 5.41) is 6.72. The van der Waals surface area contributed by atoms with Crippen molar-refractivity contribution < 1.29 is 9.18 Å². The number of carbonyl (C=O) groups is 1. The van der Waals surface area contributed by atoms with Crippen LogP contribution in [-0.4, -0.2) is 22.5 Å². The number of hydrogen-bond donors (Lipinski definition) is 1. The van der Waals surface area contributed by atoms with E-state index in [0.717, 1.165) is 24.8 Å². The molecule has 2 atom stereocenters. The zero-order valence-corrected chi connectivity index (χ0v) is 16.0. The van der Waals surface area contributed by atoms with Crippen LogP contribution in [0.15, 0.2) is 53.6 Å². The van der Waals surface area contributed by atoms with Crippen molar-refractivity contribution in [2.45, 2.75) is 31.1 Å². The minimum atomic E-state index is -0.669. The van der Waals surface area contributed by atoms with E-state index in [0.29, 0.717) is 17.2 Å². The first kappa shape index (κ1) is 18.2. The molecule has 1 heterocycles. The molecule has 140 valence electrons. The van der Waals surface area contributed by atoms with Gasteiger partial charge in [0, 0.05) is 12.5 Å². The van der Waals surface area contributed by atoms with Gasteiger partial charge in [0.05, 0.1) is 0 Å². The predicted octanol–water partition coefficient (Wildman–Crippen LogP) is 3.85. The summed E-state index contributed by atoms with van der Waals surface area (Å²) >= 11 is 1.49. The number of hydrazone groups is 1. The Labute approximate surface area is 162 Å². The van der Waals surface area contributed by atoms with Gasteiger partial charge in [-0.25, -0.2) is 9.40 Å². The molecule has 0 bridgehead atoms. The average molecular weight is 383 g/mol. The first-order chi connectivity index (χ1) is 13.1. The molecule has 0 saturated heterocycles. The molecule has 0 radical (unpaired) electrons. The van der Waals surface area contributed by atoms with Crippen LogP contribution in [0.4, 0.5) is 4.39 Å². The van der Waals surface area contributed by atoms with Crippen LogP contribution < -0.4 is 5.73 Å². The Balaban J connectivity index is 1.89. The quantitative estimate of drug-likeness (QED) is 0.876. The molecule has 2 aliphatic rings. The summed E-state index contributed by atoms with van der Waals surface area (Å²) in [6.07, 6.45) is 2.65. The highest BCUT2D eigenvalue weighted by Crippen LogP contribution is 2.57. The maximum Gasteiger partial charge on any atom is 0.241 e. The molecular weight excluding hydrogens is 361 g/mol. The summed E-state index contributed by atoms with van der Waals surface area (Å²) in [6, 6.07) is 14.8. The number of hydrogen-bond acceptors (Lipinski definition) is 4. The van der Waals surface area contributed by atoms with E-state index in [4.69, 9.17) is 5.73 Å². The maximum atomic E-state index is 14.4. The minimum absolute atomic E-state index is 0.146. The fourth-order valence-corrected chi connectivity index (χ4v) is 5.88. The number of nitrogens with two attached hydrogens (primary N) is 1. The summed E-state index contributed by atoms with van der Waals surface area (Å²) in [4.78, 5) is 12.0. The lowest BCUT2D eigenvalue weighted by Crippen LogP contribution is -2.49. The van der Waals surface area contributed by atoms with Crippen LogP contribution in [-0.2, 0) is 16.1 Å². The zero-order valence-electron chi connectivity index (χ0n) is 15.2. The van der Waals surface area contributed by atoms with Gasteiger partial charge in [0.25, 0.3) is 0 Å². The molecule has 1 aliphatic carbocycles. The fourth-order valence-electron chi connectivity index (χ4n) is 4.22. The highest BCUT2D eigenvalue weighted by molar-refractivity contribution is 8.15. The second-order valence-electron chi connectivity index (χ2n) is 6.98. The van der Waals surface area contributed by atoms with E-state index in [-0.39, 0.29) is 17.6 Å². The molecule has 4 nitrogen and oxygen atoms in total. The van der Waals surface area contributed by atoms with Gasteiger partial charge >= 0.3 is 0 Å². The molecule has 0 unspecified atom stereocenters. The van der Waals surface area contributed by atoms with Crippen LogP contribution >= 0.6 is 11.8 Å². The smallest absolute Gasteiger partial charge is 0.241 e. The SMILES string of the molecule is CC(=O)N1N=C(c2ccccc2F)S[C@@]12c1ccccc1CC[C@@H]2CCN. The number of benzene rings is 2. The van der Waals surface area contributed by atoms with Gasteiger partial charge in [0.1, 0.15) is 15.7 Å². The van der Waals surface area contributed by atoms with Gasteiger partial charge in [0.15, 0.2) is 0 Å². The molecule has 0 fully saturated rings. The van der Waals surface area contributed by atoms with Gasteiger partial charge in [-0.2, -0.15) is 5.10 Å². The monoisotopic (exact) mass is 383 g/mol. The molecule has 1 spiro atoms. The second-order valence-corrected chi connectivity index (χ2v) is 8.20. The fraction of sp³-hybridized carbons (Fsp3) is 0.333. The molecule has 4 rings (SSSR count). The van der Waals surface area contributed by atoms with Crippen LogP contribution in [0.3, 0.4) is 0 Å². The number of halogens is 1. The maximum absolute atomic E-state index is 14.4. The van der Waals surface area contributed by atoms with Crippen molar-refractivity contribution >= 4 is 22.7 Å². The largest absolute Gasteiger partial charge is 0.330 e. The molecule has 2 aromatic rings. The number of nitrogens with zero attached hydrogens (tertiary/aromatic N) is 2. The van der Waals surface area contributed by atoms with Gasteiger partial charge in [-0.1, -0.05) is 48.2 Å². The third-order valence-corrected chi connectivity index (χ3v) is 6.93. The summed E-state index contributed by atoms with van der Waals surface area (Å²) in [5.41, 5.74) is 8.65. The standard InChI is InChI=1S/C21H22FN3OS/c1-14(26)25-21(27-20(24-25)17-7-3-5-9-19(17)22)16(12-13-23)11-10-15-6-2-4-8-18(15)21/h2-9,16H,10-13,23H2,1H3/t16-,21+/m1/s1. The number of fused-ring (bicyclic) bond motifs is 2. The van der Waals surface area contributed by atoms with Crippen molar-refractivity contribution in [3.05, 3.63) is 71.0 Å². The van der Waals surface area contributed by atoms with Crippen molar-refractivity contribution in [3.8, 4) is 0 Å². The number of amides is 1. The summed E-state index contributed by atoms with van der Waals surface area (Å²) in [7, 11) is 0. The molecule has 2 aromatic carbocycles. The van der Waals surface area contributed by atoms with Gasteiger partial charge in [-0.05, 0) is 55.0 Å². The average Bonchev–Trinajstić information content (AvgIpc) is 3.06. The summed E-state index contributed by atoms with van der Waals surface area (Å²) < 4.78 is 14.4. The zero-order chi connectivity index (χ0) is 19.0. The van der Waals surface area contributed by atoms with Crippen molar-refractivity contribution in [2.24, 2.45) is 16.8 Å². The summed E-state index contributed by atoms with van der Waals surface area (Å²) in [5.74, 6) is -0.323. The van der Waals surface area contributed by atoms with Crippen molar-refractivity contribution in [1.29, 1.82) is 0 Å². The van der Waals surface area contributed by atoms with Crippen LogP contribution in [0.1, 0.15) is 36.5 Å². The number of carbonyl (C=O) groups excluding carboxylic acids is 1. The lowest BCUT2D eigenvalue weighted by atomic mass is 9.77. The lowest BCUT2D eigenvalue weighted by Gasteiger charge is -2.45. The van der Waals surface area contributed by atoms with Gasteiger partial charge in [-0.15, -0.1) is 0 Å². The van der Waals surface area contributed by atoms with Gasteiger partial charge in [0.2, 0.25) is 5.91 Å². The highest BCUT2D eigenvalue weighted by atomic mass is 32.2. The topological polar surface area (TPSA) is 58.7 Å². The Kier molecular flexibility index (Phi) is 4.78. The van der Waals surface area contributed by atoms with E-state index in [9.17, 15) is 9.18 Å². The van der Waals surface area contributed by atoms with Crippen molar-refractivity contribution in [3.63, 3.8) is 0 Å². The van der Waals surface area contributed by atoms with Gasteiger partial charge < -0.3 is 5.73 Å². The summed E-state index contributed by atoms with van der Waals surface area (Å²) in [6.45, 7) is 2.06. The third kappa shape index (κ3) is 2.87. The molecule has 1 aliphatic heterocycles. The van der Waals surface area contributed by atoms with Crippen molar-refractivity contribution in [2.75, 3.05) is 6.54 Å². The molecule has 27 heavy (non-hydrogen) atoms. The first-order valence-electron chi connectivity index (χ1n) is 9.19. The Morgan fingerprint density at radius 1 is 1.30 bits per heavy atom. The Bertz CT molecular complexity index is 916. The lowest BCUT2D eigenvalue weighted by molar-refractivity contribution is -0.134. The normalized spacial score (nSPS) is 24.0. The number of aryl methyl sites for hydroxylation is 1. The van der Waals surface area contributed by atoms with E-state index in [1.54, 1.807) is 23.2 Å². The highest BCUT2D eigenvalue weighted by Gasteiger charge is 2.55. The van der Waals surface area contributed by atoms with Crippen molar-refractivity contribution in [1.82, 2.24) is 5.01 Å². The second kappa shape index (κ2) is 7.09. The van der Waals surface area contributed by atoms with E-state index in [2.05, 4.69) is 17.2 Å². The van der Waals surface area contributed by atoms with E-state index < -0.39 is 4.87 Å². The minimum Gasteiger partial charge on any atom is -0.330 e. The Hall–Kier alpha value is -2.18. The molecule has 0 aromatic heterocycles. The third-order valence-electron chi connectivity index (χ3n) is 5.39.